The molecule has 0 aromatic heterocycles. The van der Waals surface area contributed by atoms with Crippen LogP contribution in [-0.4, -0.2) is 70.7 Å². The molecule has 9 heteroatoms. The Morgan fingerprint density at radius 1 is 0.500 bits per heavy atom. The van der Waals surface area contributed by atoms with Crippen molar-refractivity contribution in [2.45, 2.75) is 219 Å². The molecule has 362 valence electrons. The van der Waals surface area contributed by atoms with Gasteiger partial charge in [0.25, 0.3) is 7.82 Å². The molecular formula is C53H98NO7P. The molecule has 2 unspecified atom stereocenters. The Labute approximate surface area is 383 Å². The molecule has 0 aliphatic heterocycles. The Bertz CT molecular complexity index is 1170. The summed E-state index contributed by atoms with van der Waals surface area (Å²) in [6, 6.07) is 0. The molecule has 0 saturated heterocycles. The summed E-state index contributed by atoms with van der Waals surface area (Å²) >= 11 is 0. The van der Waals surface area contributed by atoms with Gasteiger partial charge < -0.3 is 27.9 Å². The molecule has 0 aromatic carbocycles. The maximum absolute atomic E-state index is 12.6. The van der Waals surface area contributed by atoms with Crippen LogP contribution in [0.4, 0.5) is 0 Å². The second-order valence-corrected chi connectivity index (χ2v) is 19.6. The smallest absolute Gasteiger partial charge is 0.310 e. The molecule has 0 heterocycles. The number of quaternary nitrogens is 1. The van der Waals surface area contributed by atoms with Crippen LogP contribution in [-0.2, 0) is 27.9 Å². The predicted molar refractivity (Wildman–Crippen MR) is 263 cm³/mol. The second kappa shape index (κ2) is 45.8. The second-order valence-electron chi connectivity index (χ2n) is 18.2. The first-order chi connectivity index (χ1) is 30.1. The van der Waals surface area contributed by atoms with Crippen LogP contribution in [0.5, 0.6) is 0 Å². The number of esters is 1. The molecule has 62 heavy (non-hydrogen) atoms. The normalized spacial score (nSPS) is 14.1. The third-order valence-electron chi connectivity index (χ3n) is 10.9. The van der Waals surface area contributed by atoms with Crippen molar-refractivity contribution >= 4 is 13.8 Å². The fourth-order valence-electron chi connectivity index (χ4n) is 6.98. The van der Waals surface area contributed by atoms with Crippen molar-refractivity contribution in [2.75, 3.05) is 54.1 Å². The number of allylic oxidation sites excluding steroid dienone is 9. The zero-order chi connectivity index (χ0) is 45.5. The maximum Gasteiger partial charge on any atom is 0.310 e. The van der Waals surface area contributed by atoms with Gasteiger partial charge in [-0.05, 0) is 38.5 Å². The Balaban J connectivity index is 4.13. The van der Waals surface area contributed by atoms with E-state index >= 15 is 0 Å². The molecule has 0 spiro atoms. The molecule has 0 rings (SSSR count). The van der Waals surface area contributed by atoms with Crippen LogP contribution in [0.2, 0.25) is 0 Å². The van der Waals surface area contributed by atoms with Gasteiger partial charge in [0.2, 0.25) is 0 Å². The van der Waals surface area contributed by atoms with Gasteiger partial charge in [0.05, 0.1) is 40.8 Å². The van der Waals surface area contributed by atoms with Gasteiger partial charge >= 0.3 is 5.97 Å². The van der Waals surface area contributed by atoms with Crippen LogP contribution in [0.3, 0.4) is 0 Å². The van der Waals surface area contributed by atoms with Crippen LogP contribution in [0.1, 0.15) is 213 Å². The highest BCUT2D eigenvalue weighted by Crippen LogP contribution is 2.38. The number of hydrogen-bond acceptors (Lipinski definition) is 7. The summed E-state index contributed by atoms with van der Waals surface area (Å²) in [5, 5.41) is 0. The molecule has 0 saturated carbocycles. The lowest BCUT2D eigenvalue weighted by Crippen LogP contribution is -2.37. The molecule has 0 bridgehead atoms. The summed E-state index contributed by atoms with van der Waals surface area (Å²) in [5.41, 5.74) is 0. The number of carbonyl (C=O) groups excluding carboxylic acids is 1. The van der Waals surface area contributed by atoms with E-state index in [1.807, 2.05) is 27.2 Å². The minimum atomic E-state index is -4.55. The average molecular weight is 892 g/mol. The largest absolute Gasteiger partial charge is 0.756 e. The van der Waals surface area contributed by atoms with Gasteiger partial charge in [-0.2, -0.15) is 0 Å². The van der Waals surface area contributed by atoms with Gasteiger partial charge in [-0.1, -0.05) is 229 Å². The predicted octanol–water partition coefficient (Wildman–Crippen LogP) is 15.0. The third-order valence-corrected chi connectivity index (χ3v) is 11.8. The molecule has 0 amide bonds. The number of phosphoric ester groups is 1. The third kappa shape index (κ3) is 49.2. The van der Waals surface area contributed by atoms with Gasteiger partial charge in [0, 0.05) is 6.61 Å². The Hall–Kier alpha value is -1.80. The first kappa shape index (κ1) is 60.2. The van der Waals surface area contributed by atoms with Crippen molar-refractivity contribution in [3.63, 3.8) is 0 Å². The average Bonchev–Trinajstić information content (AvgIpc) is 3.23. The van der Waals surface area contributed by atoms with Gasteiger partial charge in [-0.15, -0.1) is 0 Å². The number of phosphoric acid groups is 1. The number of carbonyl (C=O) groups is 1. The lowest BCUT2D eigenvalue weighted by Gasteiger charge is -2.28. The van der Waals surface area contributed by atoms with Crippen molar-refractivity contribution in [3.05, 3.63) is 60.8 Å². The number of likely N-dealkylation sites (N-methyl/N-ethyl adjacent to an activating group) is 1. The van der Waals surface area contributed by atoms with Gasteiger partial charge in [0.1, 0.15) is 19.3 Å². The Morgan fingerprint density at radius 3 is 1.26 bits per heavy atom. The summed E-state index contributed by atoms with van der Waals surface area (Å²) in [7, 11) is 1.30. The Kier molecular flexibility index (Phi) is 44.4. The number of nitrogens with zero attached hydrogens (tertiary/aromatic N) is 1. The molecule has 0 N–H and O–H groups in total. The fraction of sp³-hybridized carbons (Fsp3) is 0.792. The van der Waals surface area contributed by atoms with E-state index in [9.17, 15) is 14.3 Å². The van der Waals surface area contributed by atoms with Crippen LogP contribution in [0, 0.1) is 0 Å². The van der Waals surface area contributed by atoms with Crippen LogP contribution in [0.15, 0.2) is 60.8 Å². The molecule has 0 radical (unpaired) electrons. The SMILES string of the molecule is CC/C=C\C/C=C\C/C=C\C/C=C\C/C=C\CC(=O)OC(COCCCCCCCCCCCCCCCCCCCCCCCCCCC)COP(=O)([O-])OCC[N+](C)(C)C. The lowest BCUT2D eigenvalue weighted by atomic mass is 10.0. The van der Waals surface area contributed by atoms with E-state index in [0.29, 0.717) is 24.1 Å². The first-order valence-electron chi connectivity index (χ1n) is 25.5. The summed E-state index contributed by atoms with van der Waals surface area (Å²) in [6.07, 6.45) is 58.7. The van der Waals surface area contributed by atoms with E-state index in [4.69, 9.17) is 18.5 Å². The van der Waals surface area contributed by atoms with Crippen molar-refractivity contribution in [1.29, 1.82) is 0 Å². The van der Waals surface area contributed by atoms with E-state index in [1.54, 1.807) is 6.08 Å². The van der Waals surface area contributed by atoms with Crippen molar-refractivity contribution in [2.24, 2.45) is 0 Å². The summed E-state index contributed by atoms with van der Waals surface area (Å²) in [6.45, 7) is 5.19. The van der Waals surface area contributed by atoms with E-state index < -0.39 is 19.9 Å². The van der Waals surface area contributed by atoms with Crippen molar-refractivity contribution in [1.82, 2.24) is 0 Å². The molecule has 0 fully saturated rings. The van der Waals surface area contributed by atoms with Crippen molar-refractivity contribution in [3.8, 4) is 0 Å². The molecule has 2 atom stereocenters. The minimum Gasteiger partial charge on any atom is -0.756 e. The standard InChI is InChI=1S/C53H98NO7P/c1-6-8-10-12-14-16-18-20-22-23-24-25-26-27-28-29-30-31-33-35-37-39-41-43-45-48-58-50-52(51-60-62(56,57)59-49-47-54(3,4)5)61-53(55)46-44-42-40-38-36-34-32-21-19-17-15-13-11-9-7-2/h9,11,15,17,21,32,36,38,42,44,52H,6-8,10,12-14,16,18-20,22-31,33-35,37,39-41,43,45-51H2,1-5H3/b11-9-,17-15-,32-21-,38-36-,44-42-. The highest BCUT2D eigenvalue weighted by molar-refractivity contribution is 7.45. The summed E-state index contributed by atoms with van der Waals surface area (Å²) in [5.74, 6) is -0.458. The lowest BCUT2D eigenvalue weighted by molar-refractivity contribution is -0.870. The maximum atomic E-state index is 12.6. The quantitative estimate of drug-likeness (QED) is 0.0197. The molecular weight excluding hydrogens is 794 g/mol. The van der Waals surface area contributed by atoms with Gasteiger partial charge in [0.15, 0.2) is 0 Å². The zero-order valence-corrected chi connectivity index (χ0v) is 42.0. The van der Waals surface area contributed by atoms with Crippen molar-refractivity contribution < 1.29 is 37.3 Å². The number of ether oxygens (including phenoxy) is 2. The van der Waals surface area contributed by atoms with Crippen LogP contribution >= 0.6 is 7.82 Å². The summed E-state index contributed by atoms with van der Waals surface area (Å²) in [4.78, 5) is 25.0. The highest BCUT2D eigenvalue weighted by atomic mass is 31.2. The summed E-state index contributed by atoms with van der Waals surface area (Å²) < 4.78 is 34.6. The van der Waals surface area contributed by atoms with Gasteiger partial charge in [-0.3, -0.25) is 9.36 Å². The topological polar surface area (TPSA) is 94.1 Å². The van der Waals surface area contributed by atoms with Crippen LogP contribution < -0.4 is 4.89 Å². The molecule has 0 aliphatic rings. The monoisotopic (exact) mass is 892 g/mol. The first-order valence-corrected chi connectivity index (χ1v) is 27.0. The van der Waals surface area contributed by atoms with E-state index in [0.717, 1.165) is 38.5 Å². The minimum absolute atomic E-state index is 0.00882. The molecule has 0 aliphatic carbocycles. The van der Waals surface area contributed by atoms with Crippen LogP contribution in [0.25, 0.3) is 0 Å². The van der Waals surface area contributed by atoms with E-state index in [-0.39, 0.29) is 26.2 Å². The van der Waals surface area contributed by atoms with E-state index in [1.165, 1.54) is 148 Å². The number of rotatable bonds is 47. The molecule has 8 nitrogen and oxygen atoms in total. The molecule has 0 aromatic rings. The number of hydrogen-bond donors (Lipinski definition) is 0. The fourth-order valence-corrected chi connectivity index (χ4v) is 7.71. The highest BCUT2D eigenvalue weighted by Gasteiger charge is 2.20. The Morgan fingerprint density at radius 2 is 0.871 bits per heavy atom. The number of unbranched alkanes of at least 4 members (excludes halogenated alkanes) is 24. The van der Waals surface area contributed by atoms with Gasteiger partial charge in [-0.25, -0.2) is 0 Å². The van der Waals surface area contributed by atoms with E-state index in [2.05, 4.69) is 62.5 Å². The zero-order valence-electron chi connectivity index (χ0n) is 41.1.